The van der Waals surface area contributed by atoms with Gasteiger partial charge in [0.1, 0.15) is 0 Å². The Labute approximate surface area is 106 Å². The quantitative estimate of drug-likeness (QED) is 0.901. The van der Waals surface area contributed by atoms with E-state index in [4.69, 9.17) is 5.73 Å². The lowest BCUT2D eigenvalue weighted by Crippen LogP contribution is -2.36. The molecule has 1 aromatic rings. The number of anilines is 1. The van der Waals surface area contributed by atoms with Crippen LogP contribution >= 0.6 is 0 Å². The van der Waals surface area contributed by atoms with Crippen molar-refractivity contribution in [3.63, 3.8) is 0 Å². The van der Waals surface area contributed by atoms with E-state index in [1.165, 1.54) is 12.1 Å². The maximum absolute atomic E-state index is 12.4. The van der Waals surface area contributed by atoms with Gasteiger partial charge in [-0.1, -0.05) is 13.8 Å². The lowest BCUT2D eigenvalue weighted by atomic mass is 9.93. The summed E-state index contributed by atoms with van der Waals surface area (Å²) in [5, 5.41) is 0. The molecular weight excluding hydrogens is 241 g/mol. The van der Waals surface area contributed by atoms with Crippen LogP contribution in [0, 0.1) is 5.41 Å². The van der Waals surface area contributed by atoms with E-state index in [1.54, 1.807) is 0 Å². The Morgan fingerprint density at radius 2 is 1.61 bits per heavy atom. The molecule has 0 fully saturated rings. The van der Waals surface area contributed by atoms with E-state index in [-0.39, 0.29) is 5.41 Å². The lowest BCUT2D eigenvalue weighted by Gasteiger charge is -2.30. The molecule has 0 saturated carbocycles. The van der Waals surface area contributed by atoms with Crippen molar-refractivity contribution in [3.05, 3.63) is 29.8 Å². The van der Waals surface area contributed by atoms with E-state index in [1.807, 2.05) is 25.8 Å². The summed E-state index contributed by atoms with van der Waals surface area (Å²) in [6.45, 7) is 5.26. The number of alkyl halides is 3. The summed E-state index contributed by atoms with van der Waals surface area (Å²) in [5.74, 6) is 0. The van der Waals surface area contributed by atoms with E-state index in [2.05, 4.69) is 0 Å². The zero-order chi connectivity index (χ0) is 14.0. The molecule has 0 saturated heterocycles. The highest BCUT2D eigenvalue weighted by Gasteiger charge is 2.30. The molecule has 1 rings (SSSR count). The summed E-state index contributed by atoms with van der Waals surface area (Å²) in [5.41, 5.74) is 5.69. The van der Waals surface area contributed by atoms with Gasteiger partial charge in [0.2, 0.25) is 0 Å². The van der Waals surface area contributed by atoms with Crippen molar-refractivity contribution < 1.29 is 13.2 Å². The van der Waals surface area contributed by atoms with Crippen molar-refractivity contribution in [3.8, 4) is 0 Å². The normalized spacial score (nSPS) is 12.6. The molecule has 0 aromatic heterocycles. The Bertz CT molecular complexity index is 382. The minimum absolute atomic E-state index is 0.0720. The van der Waals surface area contributed by atoms with Crippen LogP contribution in [0.15, 0.2) is 24.3 Å². The molecule has 0 unspecified atom stereocenters. The summed E-state index contributed by atoms with van der Waals surface area (Å²) in [6, 6.07) is 5.16. The summed E-state index contributed by atoms with van der Waals surface area (Å²) >= 11 is 0. The molecule has 0 amide bonds. The average Bonchev–Trinajstić information content (AvgIpc) is 2.27. The first kappa shape index (κ1) is 14.8. The minimum atomic E-state index is -4.28. The third-order valence-electron chi connectivity index (χ3n) is 2.85. The van der Waals surface area contributed by atoms with Gasteiger partial charge in [-0.05, 0) is 36.2 Å². The second kappa shape index (κ2) is 5.18. The molecule has 2 nitrogen and oxygen atoms in total. The number of nitrogens with two attached hydrogens (primary N) is 1. The fourth-order valence-electron chi connectivity index (χ4n) is 1.70. The van der Waals surface area contributed by atoms with Gasteiger partial charge in [-0.25, -0.2) is 0 Å². The molecule has 102 valence electrons. The van der Waals surface area contributed by atoms with Gasteiger partial charge in [0.25, 0.3) is 0 Å². The molecular formula is C13H19F3N2. The number of nitrogens with zero attached hydrogens (tertiary/aromatic N) is 1. The number of hydrogen-bond acceptors (Lipinski definition) is 2. The molecule has 0 spiro atoms. The van der Waals surface area contributed by atoms with Crippen LogP contribution in [0.5, 0.6) is 0 Å². The predicted molar refractivity (Wildman–Crippen MR) is 67.5 cm³/mol. The predicted octanol–water partition coefficient (Wildman–Crippen LogP) is 3.13. The topological polar surface area (TPSA) is 29.3 Å². The summed E-state index contributed by atoms with van der Waals surface area (Å²) in [7, 11) is 1.85. The minimum Gasteiger partial charge on any atom is -0.374 e. The van der Waals surface area contributed by atoms with Crippen LogP contribution in [-0.2, 0) is 6.18 Å². The molecule has 0 aliphatic rings. The van der Waals surface area contributed by atoms with Gasteiger partial charge in [0, 0.05) is 19.3 Å². The van der Waals surface area contributed by atoms with Crippen molar-refractivity contribution in [1.82, 2.24) is 0 Å². The molecule has 0 aliphatic heterocycles. The van der Waals surface area contributed by atoms with E-state index < -0.39 is 11.7 Å². The number of halogens is 3. The highest BCUT2D eigenvalue weighted by atomic mass is 19.4. The standard InChI is InChI=1S/C13H19F3N2/c1-12(2,8-17)9-18(3)11-6-4-10(5-7-11)13(14,15)16/h4-7H,8-9,17H2,1-3H3. The zero-order valence-electron chi connectivity index (χ0n) is 10.9. The van der Waals surface area contributed by atoms with E-state index in [0.29, 0.717) is 13.1 Å². The Balaban J connectivity index is 2.80. The maximum Gasteiger partial charge on any atom is 0.416 e. The third kappa shape index (κ3) is 3.91. The van der Waals surface area contributed by atoms with Crippen molar-refractivity contribution in [2.45, 2.75) is 20.0 Å². The Morgan fingerprint density at radius 3 is 2.00 bits per heavy atom. The van der Waals surface area contributed by atoms with Gasteiger partial charge in [-0.2, -0.15) is 13.2 Å². The molecule has 18 heavy (non-hydrogen) atoms. The van der Waals surface area contributed by atoms with Crippen molar-refractivity contribution in [1.29, 1.82) is 0 Å². The van der Waals surface area contributed by atoms with Crippen LogP contribution in [0.2, 0.25) is 0 Å². The molecule has 0 radical (unpaired) electrons. The fraction of sp³-hybridized carbons (Fsp3) is 0.538. The highest BCUT2D eigenvalue weighted by molar-refractivity contribution is 5.47. The van der Waals surface area contributed by atoms with Gasteiger partial charge < -0.3 is 10.6 Å². The molecule has 0 atom stereocenters. The molecule has 0 bridgehead atoms. The Morgan fingerprint density at radius 1 is 1.11 bits per heavy atom. The lowest BCUT2D eigenvalue weighted by molar-refractivity contribution is -0.137. The maximum atomic E-state index is 12.4. The van der Waals surface area contributed by atoms with Crippen LogP contribution in [-0.4, -0.2) is 20.1 Å². The number of rotatable bonds is 4. The van der Waals surface area contributed by atoms with E-state index in [0.717, 1.165) is 17.8 Å². The van der Waals surface area contributed by atoms with E-state index >= 15 is 0 Å². The van der Waals surface area contributed by atoms with Gasteiger partial charge in [0.05, 0.1) is 5.56 Å². The van der Waals surface area contributed by atoms with Gasteiger partial charge in [-0.3, -0.25) is 0 Å². The molecule has 1 aromatic carbocycles. The van der Waals surface area contributed by atoms with Gasteiger partial charge in [0.15, 0.2) is 0 Å². The first-order valence-electron chi connectivity index (χ1n) is 5.74. The largest absolute Gasteiger partial charge is 0.416 e. The Hall–Kier alpha value is -1.23. The number of hydrogen-bond donors (Lipinski definition) is 1. The van der Waals surface area contributed by atoms with Crippen LogP contribution < -0.4 is 10.6 Å². The van der Waals surface area contributed by atoms with Crippen LogP contribution in [0.4, 0.5) is 18.9 Å². The highest BCUT2D eigenvalue weighted by Crippen LogP contribution is 2.30. The SMILES string of the molecule is CN(CC(C)(C)CN)c1ccc(C(F)(F)F)cc1. The second-order valence-corrected chi connectivity index (χ2v) is 5.27. The Kier molecular flexibility index (Phi) is 4.27. The molecule has 2 N–H and O–H groups in total. The zero-order valence-corrected chi connectivity index (χ0v) is 10.9. The third-order valence-corrected chi connectivity index (χ3v) is 2.85. The van der Waals surface area contributed by atoms with Gasteiger partial charge in [-0.15, -0.1) is 0 Å². The second-order valence-electron chi connectivity index (χ2n) is 5.27. The first-order valence-corrected chi connectivity index (χ1v) is 5.74. The average molecular weight is 260 g/mol. The molecule has 5 heteroatoms. The smallest absolute Gasteiger partial charge is 0.374 e. The fourth-order valence-corrected chi connectivity index (χ4v) is 1.70. The van der Waals surface area contributed by atoms with Crippen LogP contribution in [0.1, 0.15) is 19.4 Å². The van der Waals surface area contributed by atoms with Crippen LogP contribution in [0.25, 0.3) is 0 Å². The van der Waals surface area contributed by atoms with Gasteiger partial charge >= 0.3 is 6.18 Å². The van der Waals surface area contributed by atoms with E-state index in [9.17, 15) is 13.2 Å². The van der Waals surface area contributed by atoms with Crippen molar-refractivity contribution in [2.75, 3.05) is 25.0 Å². The summed E-state index contributed by atoms with van der Waals surface area (Å²) in [4.78, 5) is 1.91. The number of benzene rings is 1. The molecule has 0 heterocycles. The first-order chi connectivity index (χ1) is 8.15. The van der Waals surface area contributed by atoms with Crippen molar-refractivity contribution in [2.24, 2.45) is 11.1 Å². The summed E-state index contributed by atoms with van der Waals surface area (Å²) < 4.78 is 37.2. The summed E-state index contributed by atoms with van der Waals surface area (Å²) in [6.07, 6.45) is -4.28. The van der Waals surface area contributed by atoms with Crippen LogP contribution in [0.3, 0.4) is 0 Å². The molecule has 0 aliphatic carbocycles. The van der Waals surface area contributed by atoms with Crippen molar-refractivity contribution >= 4 is 5.69 Å². The monoisotopic (exact) mass is 260 g/mol.